The van der Waals surface area contributed by atoms with E-state index in [1.807, 2.05) is 57.2 Å². The summed E-state index contributed by atoms with van der Waals surface area (Å²) in [4.78, 5) is 29.9. The first-order valence-electron chi connectivity index (χ1n) is 15.2. The number of carbonyl (C=O) groups is 2. The number of ether oxygens (including phenoxy) is 1. The van der Waals surface area contributed by atoms with Crippen LogP contribution in [0.4, 0.5) is 5.69 Å². The smallest absolute Gasteiger partial charge is 0.264 e. The van der Waals surface area contributed by atoms with E-state index in [4.69, 9.17) is 27.9 Å². The summed E-state index contributed by atoms with van der Waals surface area (Å²) in [5, 5.41) is 3.09. The first-order valence-corrected chi connectivity index (χ1v) is 17.4. The van der Waals surface area contributed by atoms with Crippen LogP contribution in [0.2, 0.25) is 10.0 Å². The number of anilines is 1. The van der Waals surface area contributed by atoms with Gasteiger partial charge in [-0.25, -0.2) is 8.42 Å². The van der Waals surface area contributed by atoms with Crippen LogP contribution in [0.5, 0.6) is 5.75 Å². The summed E-state index contributed by atoms with van der Waals surface area (Å²) in [5.74, 6) is -0.222. The Hall–Kier alpha value is -4.05. The third-order valence-corrected chi connectivity index (χ3v) is 10.1. The van der Waals surface area contributed by atoms with Gasteiger partial charge in [0.1, 0.15) is 18.3 Å². The van der Waals surface area contributed by atoms with E-state index in [9.17, 15) is 18.0 Å². The van der Waals surface area contributed by atoms with E-state index in [0.717, 1.165) is 15.4 Å². The molecular formula is C36H39Cl2N3O5S. The minimum absolute atomic E-state index is 0.00430. The van der Waals surface area contributed by atoms with Gasteiger partial charge in [-0.05, 0) is 60.4 Å². The molecule has 1 atom stereocenters. The summed E-state index contributed by atoms with van der Waals surface area (Å²) in [6, 6.07) is 26.5. The Morgan fingerprint density at radius 1 is 0.872 bits per heavy atom. The molecule has 0 unspecified atom stereocenters. The number of rotatable bonds is 14. The summed E-state index contributed by atoms with van der Waals surface area (Å²) >= 11 is 12.9. The van der Waals surface area contributed by atoms with Crippen molar-refractivity contribution in [3.05, 3.63) is 124 Å². The van der Waals surface area contributed by atoms with Crippen molar-refractivity contribution in [2.24, 2.45) is 5.92 Å². The highest BCUT2D eigenvalue weighted by molar-refractivity contribution is 7.92. The molecule has 0 saturated heterocycles. The Kier molecular flexibility index (Phi) is 12.3. The number of amides is 2. The molecule has 1 N–H and O–H groups in total. The lowest BCUT2D eigenvalue weighted by Crippen LogP contribution is -2.53. The molecule has 0 heterocycles. The molecule has 0 fully saturated rings. The maximum atomic E-state index is 14.6. The first kappa shape index (κ1) is 35.8. The van der Waals surface area contributed by atoms with Crippen LogP contribution >= 0.6 is 23.2 Å². The molecule has 8 nitrogen and oxygen atoms in total. The molecule has 0 saturated carbocycles. The molecule has 4 aromatic rings. The largest absolute Gasteiger partial charge is 0.497 e. The van der Waals surface area contributed by atoms with Crippen molar-refractivity contribution in [3.63, 3.8) is 0 Å². The summed E-state index contributed by atoms with van der Waals surface area (Å²) in [7, 11) is -2.78. The molecule has 0 aliphatic rings. The number of halogens is 2. The number of nitrogens with one attached hydrogen (secondary N) is 1. The molecule has 0 bridgehead atoms. The van der Waals surface area contributed by atoms with Gasteiger partial charge in [-0.15, -0.1) is 0 Å². The normalized spacial score (nSPS) is 12.0. The van der Waals surface area contributed by atoms with Crippen molar-refractivity contribution in [1.82, 2.24) is 10.2 Å². The molecule has 248 valence electrons. The fourth-order valence-electron chi connectivity index (χ4n) is 4.98. The summed E-state index contributed by atoms with van der Waals surface area (Å²) < 4.78 is 34.8. The van der Waals surface area contributed by atoms with Crippen LogP contribution in [-0.4, -0.2) is 51.4 Å². The number of hydrogen-bond donors (Lipinski definition) is 1. The number of carbonyl (C=O) groups excluding carboxylic acids is 2. The van der Waals surface area contributed by atoms with Crippen molar-refractivity contribution in [2.75, 3.05) is 24.5 Å². The van der Waals surface area contributed by atoms with E-state index < -0.39 is 28.5 Å². The van der Waals surface area contributed by atoms with Crippen LogP contribution in [-0.2, 0) is 32.6 Å². The zero-order valence-corrected chi connectivity index (χ0v) is 29.1. The molecule has 0 spiro atoms. The highest BCUT2D eigenvalue weighted by atomic mass is 35.5. The predicted octanol–water partition coefficient (Wildman–Crippen LogP) is 6.92. The lowest BCUT2D eigenvalue weighted by molar-refractivity contribution is -0.140. The zero-order valence-electron chi connectivity index (χ0n) is 26.8. The molecular weight excluding hydrogens is 657 g/mol. The Bertz CT molecular complexity index is 1780. The summed E-state index contributed by atoms with van der Waals surface area (Å²) in [5.41, 5.74) is 2.44. The van der Waals surface area contributed by atoms with Crippen LogP contribution in [0.15, 0.2) is 102 Å². The van der Waals surface area contributed by atoms with Crippen molar-refractivity contribution in [2.45, 2.75) is 44.7 Å². The van der Waals surface area contributed by atoms with Crippen LogP contribution < -0.4 is 14.4 Å². The van der Waals surface area contributed by atoms with Gasteiger partial charge in [0.05, 0.1) is 27.7 Å². The van der Waals surface area contributed by atoms with E-state index >= 15 is 0 Å². The van der Waals surface area contributed by atoms with Crippen LogP contribution in [0.25, 0.3) is 0 Å². The van der Waals surface area contributed by atoms with Crippen LogP contribution in [0, 0.1) is 12.8 Å². The zero-order chi connectivity index (χ0) is 34.1. The number of sulfonamides is 1. The number of hydrogen-bond acceptors (Lipinski definition) is 5. The van der Waals surface area contributed by atoms with Crippen molar-refractivity contribution < 1.29 is 22.7 Å². The maximum Gasteiger partial charge on any atom is 0.264 e. The predicted molar refractivity (Wildman–Crippen MR) is 187 cm³/mol. The Labute approximate surface area is 287 Å². The molecule has 4 aromatic carbocycles. The van der Waals surface area contributed by atoms with Crippen molar-refractivity contribution >= 4 is 50.7 Å². The first-order chi connectivity index (χ1) is 22.4. The van der Waals surface area contributed by atoms with Gasteiger partial charge in [-0.3, -0.25) is 13.9 Å². The third-order valence-electron chi connectivity index (χ3n) is 7.53. The second-order valence-corrected chi connectivity index (χ2v) is 14.3. The second-order valence-electron chi connectivity index (χ2n) is 11.6. The van der Waals surface area contributed by atoms with E-state index in [1.165, 1.54) is 29.2 Å². The number of methoxy groups -OCH3 is 1. The maximum absolute atomic E-state index is 14.6. The van der Waals surface area contributed by atoms with Gasteiger partial charge < -0.3 is 15.0 Å². The van der Waals surface area contributed by atoms with Crippen molar-refractivity contribution in [1.29, 1.82) is 0 Å². The molecule has 11 heteroatoms. The minimum atomic E-state index is -4.33. The Morgan fingerprint density at radius 3 is 2.19 bits per heavy atom. The van der Waals surface area contributed by atoms with Gasteiger partial charge in [-0.1, -0.05) is 103 Å². The molecule has 4 rings (SSSR count). The van der Waals surface area contributed by atoms with Gasteiger partial charge in [0.2, 0.25) is 11.8 Å². The molecule has 0 aliphatic heterocycles. The van der Waals surface area contributed by atoms with Gasteiger partial charge in [0, 0.05) is 19.5 Å². The molecule has 0 aromatic heterocycles. The number of aryl methyl sites for hydroxylation is 1. The second kappa shape index (κ2) is 16.2. The molecule has 47 heavy (non-hydrogen) atoms. The highest BCUT2D eigenvalue weighted by Crippen LogP contribution is 2.36. The van der Waals surface area contributed by atoms with Gasteiger partial charge in [-0.2, -0.15) is 0 Å². The third kappa shape index (κ3) is 9.28. The van der Waals surface area contributed by atoms with E-state index in [2.05, 4.69) is 5.32 Å². The fraction of sp³-hybridized carbons (Fsp3) is 0.278. The van der Waals surface area contributed by atoms with Crippen LogP contribution in [0.3, 0.4) is 0 Å². The Morgan fingerprint density at radius 2 is 1.53 bits per heavy atom. The molecule has 2 amide bonds. The number of benzene rings is 4. The standard InChI is InChI=1S/C36H39Cl2N3O5S/c1-25(2)22-39-36(43)33(21-27-10-6-5-7-11-27)40(23-28-12-8-13-29(20-28)46-4)34(42)24-41(32-15-9-14-31(37)35(32)38)47(44,45)30-18-16-26(3)17-19-30/h5-20,25,33H,21-24H2,1-4H3,(H,39,43)/t33-/m1/s1. The quantitative estimate of drug-likeness (QED) is 0.155. The van der Waals surface area contributed by atoms with Gasteiger partial charge >= 0.3 is 0 Å². The number of nitrogens with zero attached hydrogens (tertiary/aromatic N) is 2. The lowest BCUT2D eigenvalue weighted by atomic mass is 10.0. The topological polar surface area (TPSA) is 96.0 Å². The monoisotopic (exact) mass is 695 g/mol. The minimum Gasteiger partial charge on any atom is -0.497 e. The molecule has 0 aliphatic carbocycles. The van der Waals surface area contributed by atoms with Crippen LogP contribution in [0.1, 0.15) is 30.5 Å². The van der Waals surface area contributed by atoms with Crippen molar-refractivity contribution in [3.8, 4) is 5.75 Å². The molecule has 0 radical (unpaired) electrons. The van der Waals surface area contributed by atoms with E-state index in [0.29, 0.717) is 17.9 Å². The highest BCUT2D eigenvalue weighted by Gasteiger charge is 2.35. The van der Waals surface area contributed by atoms with Gasteiger partial charge in [0.25, 0.3) is 10.0 Å². The fourth-order valence-corrected chi connectivity index (χ4v) is 6.85. The average molecular weight is 697 g/mol. The lowest BCUT2D eigenvalue weighted by Gasteiger charge is -2.34. The SMILES string of the molecule is COc1cccc(CN(C(=O)CN(c2cccc(Cl)c2Cl)S(=O)(=O)c2ccc(C)cc2)[C@H](Cc2ccccc2)C(=O)NCC(C)C)c1. The van der Waals surface area contributed by atoms with E-state index in [-0.39, 0.29) is 45.4 Å². The van der Waals surface area contributed by atoms with Gasteiger partial charge in [0.15, 0.2) is 0 Å². The Balaban J connectivity index is 1.84. The average Bonchev–Trinajstić information content (AvgIpc) is 3.06. The van der Waals surface area contributed by atoms with E-state index in [1.54, 1.807) is 43.5 Å². The summed E-state index contributed by atoms with van der Waals surface area (Å²) in [6.07, 6.45) is 0.198. The summed E-state index contributed by atoms with van der Waals surface area (Å²) in [6.45, 7) is 5.56.